The minimum absolute atomic E-state index is 0.381. The van der Waals surface area contributed by atoms with Gasteiger partial charge < -0.3 is 10.2 Å². The van der Waals surface area contributed by atoms with Crippen LogP contribution in [0.1, 0.15) is 19.8 Å². The Labute approximate surface area is 67.8 Å². The number of rotatable bonds is 3. The summed E-state index contributed by atoms with van der Waals surface area (Å²) in [5.41, 5.74) is 0. The molecule has 0 aromatic heterocycles. The predicted octanol–water partition coefficient (Wildman–Crippen LogP) is 0.128. The van der Waals surface area contributed by atoms with E-state index >= 15 is 0 Å². The van der Waals surface area contributed by atoms with Crippen LogP contribution in [-0.2, 0) is 4.79 Å². The van der Waals surface area contributed by atoms with Gasteiger partial charge in [0.25, 0.3) is 0 Å². The third-order valence-electron chi connectivity index (χ3n) is 2.09. The zero-order valence-corrected chi connectivity index (χ0v) is 6.97. The van der Waals surface area contributed by atoms with Crippen LogP contribution in [0.4, 0.5) is 0 Å². The second-order valence-corrected chi connectivity index (χ2v) is 2.93. The summed E-state index contributed by atoms with van der Waals surface area (Å²) in [5.74, 6) is 0. The Balaban J connectivity index is 2.37. The van der Waals surface area contributed by atoms with Crippen molar-refractivity contribution in [1.82, 2.24) is 10.2 Å². The summed E-state index contributed by atoms with van der Waals surface area (Å²) in [7, 11) is 0. The first-order valence-corrected chi connectivity index (χ1v) is 4.23. The fraction of sp³-hybridized carbons (Fsp3) is 0.875. The first-order chi connectivity index (χ1) is 5.38. The van der Waals surface area contributed by atoms with E-state index in [0.717, 1.165) is 32.5 Å². The second-order valence-electron chi connectivity index (χ2n) is 2.93. The van der Waals surface area contributed by atoms with Gasteiger partial charge in [-0.2, -0.15) is 0 Å². The third kappa shape index (κ3) is 2.19. The van der Waals surface area contributed by atoms with Gasteiger partial charge in [-0.1, -0.05) is 13.3 Å². The van der Waals surface area contributed by atoms with Crippen molar-refractivity contribution in [3.63, 3.8) is 0 Å². The number of carbonyl (C=O) groups excluding carboxylic acids is 1. The van der Waals surface area contributed by atoms with Crippen molar-refractivity contribution in [3.05, 3.63) is 0 Å². The maximum atomic E-state index is 10.4. The minimum atomic E-state index is 0.381. The lowest BCUT2D eigenvalue weighted by Crippen LogP contribution is -2.50. The molecule has 1 fully saturated rings. The van der Waals surface area contributed by atoms with Crippen LogP contribution in [0.2, 0.25) is 0 Å². The van der Waals surface area contributed by atoms with Gasteiger partial charge in [0.15, 0.2) is 0 Å². The smallest absolute Gasteiger partial charge is 0.312 e. The zero-order chi connectivity index (χ0) is 8.10. The average molecular weight is 155 g/mol. The molecule has 1 aliphatic heterocycles. The Morgan fingerprint density at radius 2 is 2.55 bits per heavy atom. The quantitative estimate of drug-likeness (QED) is 0.628. The first kappa shape index (κ1) is 8.53. The molecule has 1 heterocycles. The van der Waals surface area contributed by atoms with Crippen LogP contribution in [0.3, 0.4) is 0 Å². The minimum Gasteiger partial charge on any atom is -0.329 e. The summed E-state index contributed by atoms with van der Waals surface area (Å²) in [5, 5.41) is 3.26. The molecule has 0 saturated carbocycles. The van der Waals surface area contributed by atoms with Gasteiger partial charge in [-0.3, -0.25) is 4.79 Å². The lowest BCUT2D eigenvalue weighted by atomic mass is 10.1. The highest BCUT2D eigenvalue weighted by atomic mass is 16.1. The van der Waals surface area contributed by atoms with Crippen molar-refractivity contribution in [2.24, 2.45) is 0 Å². The van der Waals surface area contributed by atoms with Crippen LogP contribution in [0.5, 0.6) is 0 Å². The monoisotopic (exact) mass is 155 g/mol. The molecule has 1 rings (SSSR count). The molecule has 1 amide bonds. The molecule has 1 atom stereocenters. The normalized spacial score (nSPS) is 25.2. The van der Waals surface area contributed by atoms with Gasteiger partial charge in [-0.05, 0) is 6.42 Å². The van der Waals surface area contributed by atoms with E-state index in [4.69, 9.17) is 0 Å². The lowest BCUT2D eigenvalue weighted by Gasteiger charge is -2.32. The van der Waals surface area contributed by atoms with Crippen molar-refractivity contribution < 1.29 is 4.79 Å². The summed E-state index contributed by atoms with van der Waals surface area (Å²) in [6.07, 6.45) is 4.20. The molecule has 1 N–H and O–H groups in total. The van der Waals surface area contributed by atoms with E-state index in [1.165, 1.54) is 0 Å². The SMILES string of the molecule is CCCC1CNCCN1[C]=O. The summed E-state index contributed by atoms with van der Waals surface area (Å²) < 4.78 is 0. The van der Waals surface area contributed by atoms with Gasteiger partial charge in [0.1, 0.15) is 0 Å². The van der Waals surface area contributed by atoms with E-state index in [1.807, 2.05) is 6.41 Å². The van der Waals surface area contributed by atoms with E-state index in [1.54, 1.807) is 4.90 Å². The van der Waals surface area contributed by atoms with Crippen LogP contribution in [0.25, 0.3) is 0 Å². The van der Waals surface area contributed by atoms with E-state index in [9.17, 15) is 4.79 Å². The molecule has 1 radical (unpaired) electrons. The van der Waals surface area contributed by atoms with Gasteiger partial charge in [0, 0.05) is 25.7 Å². The number of piperazine rings is 1. The van der Waals surface area contributed by atoms with Crippen molar-refractivity contribution in [1.29, 1.82) is 0 Å². The fourth-order valence-electron chi connectivity index (χ4n) is 1.47. The first-order valence-electron chi connectivity index (χ1n) is 4.23. The maximum absolute atomic E-state index is 10.4. The fourth-order valence-corrected chi connectivity index (χ4v) is 1.47. The van der Waals surface area contributed by atoms with E-state index < -0.39 is 0 Å². The van der Waals surface area contributed by atoms with Gasteiger partial charge in [-0.25, -0.2) is 0 Å². The molecular weight excluding hydrogens is 140 g/mol. The highest BCUT2D eigenvalue weighted by Crippen LogP contribution is 2.06. The second kappa shape index (κ2) is 4.34. The van der Waals surface area contributed by atoms with E-state index in [2.05, 4.69) is 12.2 Å². The van der Waals surface area contributed by atoms with Crippen LogP contribution in [0, 0.1) is 0 Å². The standard InChI is InChI=1S/C8H15N2O/c1-2-3-8-6-9-4-5-10(8)7-11/h8-9H,2-6H2,1H3. The third-order valence-corrected chi connectivity index (χ3v) is 2.09. The summed E-state index contributed by atoms with van der Waals surface area (Å²) in [4.78, 5) is 12.2. The maximum Gasteiger partial charge on any atom is 0.312 e. The molecule has 1 unspecified atom stereocenters. The van der Waals surface area contributed by atoms with Crippen molar-refractivity contribution in [3.8, 4) is 0 Å². The average Bonchev–Trinajstić information content (AvgIpc) is 2.06. The Morgan fingerprint density at radius 1 is 1.73 bits per heavy atom. The highest BCUT2D eigenvalue weighted by molar-refractivity contribution is 5.49. The molecule has 0 aromatic carbocycles. The van der Waals surface area contributed by atoms with Gasteiger partial charge in [-0.15, -0.1) is 0 Å². The molecule has 3 nitrogen and oxygen atoms in total. The van der Waals surface area contributed by atoms with E-state index in [-0.39, 0.29) is 0 Å². The molecular formula is C8H15N2O. The molecule has 11 heavy (non-hydrogen) atoms. The van der Waals surface area contributed by atoms with Crippen LogP contribution < -0.4 is 5.32 Å². The zero-order valence-electron chi connectivity index (χ0n) is 6.97. The molecule has 63 valence electrons. The lowest BCUT2D eigenvalue weighted by molar-refractivity contribution is 0.234. The Hall–Kier alpha value is -0.570. The van der Waals surface area contributed by atoms with Gasteiger partial charge >= 0.3 is 6.41 Å². The molecule has 1 saturated heterocycles. The molecule has 0 spiro atoms. The van der Waals surface area contributed by atoms with E-state index in [0.29, 0.717) is 6.04 Å². The van der Waals surface area contributed by atoms with Crippen LogP contribution in [0.15, 0.2) is 0 Å². The molecule has 0 bridgehead atoms. The molecule has 1 aliphatic rings. The van der Waals surface area contributed by atoms with Crippen LogP contribution >= 0.6 is 0 Å². The molecule has 0 aromatic rings. The topological polar surface area (TPSA) is 32.3 Å². The van der Waals surface area contributed by atoms with Crippen molar-refractivity contribution in [2.45, 2.75) is 25.8 Å². The number of nitrogens with one attached hydrogen (secondary N) is 1. The summed E-state index contributed by atoms with van der Waals surface area (Å²) in [6.45, 7) is 4.80. The molecule has 3 heteroatoms. The summed E-state index contributed by atoms with van der Waals surface area (Å²) >= 11 is 0. The number of hydrogen-bond acceptors (Lipinski definition) is 2. The van der Waals surface area contributed by atoms with Gasteiger partial charge in [0.2, 0.25) is 0 Å². The molecule has 0 aliphatic carbocycles. The van der Waals surface area contributed by atoms with Crippen LogP contribution in [-0.4, -0.2) is 37.0 Å². The van der Waals surface area contributed by atoms with Crippen molar-refractivity contribution in [2.75, 3.05) is 19.6 Å². The Bertz CT molecular complexity index is 125. The Morgan fingerprint density at radius 3 is 3.18 bits per heavy atom. The predicted molar refractivity (Wildman–Crippen MR) is 44.0 cm³/mol. The highest BCUT2D eigenvalue weighted by Gasteiger charge is 2.19. The Kier molecular flexibility index (Phi) is 3.36. The van der Waals surface area contributed by atoms with Gasteiger partial charge in [0.05, 0.1) is 0 Å². The number of nitrogens with zero attached hydrogens (tertiary/aromatic N) is 1. The largest absolute Gasteiger partial charge is 0.329 e. The number of hydrogen-bond donors (Lipinski definition) is 1. The summed E-state index contributed by atoms with van der Waals surface area (Å²) in [6, 6.07) is 0.381. The number of amides is 1. The van der Waals surface area contributed by atoms with Crippen molar-refractivity contribution >= 4 is 6.41 Å².